The molecule has 2 rings (SSSR count). The van der Waals surface area contributed by atoms with E-state index in [0.717, 1.165) is 0 Å². The number of hydrogen-bond acceptors (Lipinski definition) is 6. The molecule has 2 heterocycles. The zero-order valence-electron chi connectivity index (χ0n) is 8.69. The normalized spacial score (nSPS) is 11.7. The minimum atomic E-state index is -3.65. The van der Waals surface area contributed by atoms with Crippen molar-refractivity contribution in [3.05, 3.63) is 36.8 Å². The lowest BCUT2D eigenvalue weighted by Gasteiger charge is -1.86. The second kappa shape index (κ2) is 5.57. The average molecular weight is 314 g/mol. The summed E-state index contributed by atoms with van der Waals surface area (Å²) >= 11 is 0. The van der Waals surface area contributed by atoms with E-state index in [1.54, 1.807) is 0 Å². The van der Waals surface area contributed by atoms with Crippen molar-refractivity contribution in [1.29, 1.82) is 0 Å². The monoisotopic (exact) mass is 313 g/mol. The lowest BCUT2D eigenvalue weighted by atomic mass is 10.7. The van der Waals surface area contributed by atoms with Gasteiger partial charge >= 0.3 is 0 Å². The maximum atomic E-state index is 10.4. The van der Waals surface area contributed by atoms with Crippen molar-refractivity contribution in [2.75, 3.05) is 0 Å². The van der Waals surface area contributed by atoms with Crippen LogP contribution < -0.4 is 5.14 Å². The van der Waals surface area contributed by atoms with Gasteiger partial charge < -0.3 is 8.83 Å². The molecule has 0 aliphatic carbocycles. The van der Waals surface area contributed by atoms with E-state index < -0.39 is 19.1 Å². The molecule has 10 heteroatoms. The molecule has 0 saturated heterocycles. The number of primary sulfonamides is 1. The maximum absolute atomic E-state index is 10.4. The summed E-state index contributed by atoms with van der Waals surface area (Å²) in [6, 6.07) is 5.48. The summed E-state index contributed by atoms with van der Waals surface area (Å²) in [7, 11) is -2.40. The largest absolute Gasteiger partial charge is 0.452 e. The summed E-state index contributed by atoms with van der Waals surface area (Å²) < 4.78 is 50.5. The number of hydrogen-bond donors (Lipinski definition) is 1. The molecule has 7 nitrogen and oxygen atoms in total. The van der Waals surface area contributed by atoms with Crippen LogP contribution in [0.5, 0.6) is 0 Å². The van der Waals surface area contributed by atoms with E-state index in [-0.39, 0.29) is 10.2 Å². The fourth-order valence-corrected chi connectivity index (χ4v) is 1.96. The zero-order chi connectivity index (χ0) is 13.8. The zero-order valence-corrected chi connectivity index (χ0v) is 11.1. The van der Waals surface area contributed by atoms with Gasteiger partial charge in [-0.15, -0.1) is 0 Å². The van der Waals surface area contributed by atoms with Crippen molar-refractivity contribution in [2.45, 2.75) is 10.2 Å². The minimum absolute atomic E-state index is 0.206. The third-order valence-electron chi connectivity index (χ3n) is 1.51. The summed E-state index contributed by atoms with van der Waals surface area (Å²) in [5.41, 5.74) is 0. The van der Waals surface area contributed by atoms with Crippen LogP contribution in [-0.2, 0) is 19.1 Å². The molecule has 0 aliphatic rings. The highest BCUT2D eigenvalue weighted by molar-refractivity contribution is 8.13. The molecule has 0 bridgehead atoms. The van der Waals surface area contributed by atoms with Crippen molar-refractivity contribution in [3.63, 3.8) is 0 Å². The van der Waals surface area contributed by atoms with Crippen molar-refractivity contribution >= 4 is 29.8 Å². The predicted molar refractivity (Wildman–Crippen MR) is 61.8 cm³/mol. The first-order chi connectivity index (χ1) is 8.21. The van der Waals surface area contributed by atoms with Crippen LogP contribution >= 0.6 is 10.7 Å². The van der Waals surface area contributed by atoms with Gasteiger partial charge in [-0.2, -0.15) is 0 Å². The molecule has 0 aromatic carbocycles. The number of rotatable bonds is 2. The van der Waals surface area contributed by atoms with Crippen LogP contribution in [0.4, 0.5) is 0 Å². The summed E-state index contributed by atoms with van der Waals surface area (Å²) in [4.78, 5) is 0. The fraction of sp³-hybridized carbons (Fsp3) is 0. The lowest BCUT2D eigenvalue weighted by Crippen LogP contribution is -2.10. The molecule has 0 amide bonds. The highest BCUT2D eigenvalue weighted by atomic mass is 35.7. The van der Waals surface area contributed by atoms with Crippen molar-refractivity contribution in [1.82, 2.24) is 0 Å². The Hall–Kier alpha value is -1.29. The average Bonchev–Trinajstić information content (AvgIpc) is 2.91. The van der Waals surface area contributed by atoms with Crippen LogP contribution in [0, 0.1) is 0 Å². The van der Waals surface area contributed by atoms with E-state index >= 15 is 0 Å². The fourth-order valence-electron chi connectivity index (χ4n) is 0.828. The molecule has 100 valence electrons. The molecule has 0 saturated carbocycles. The Labute approximate surface area is 108 Å². The lowest BCUT2D eigenvalue weighted by molar-refractivity contribution is 0.450. The molecular formula is C8H8ClNO6S2. The van der Waals surface area contributed by atoms with Gasteiger partial charge in [0.25, 0.3) is 19.1 Å². The van der Waals surface area contributed by atoms with Gasteiger partial charge in [-0.05, 0) is 24.3 Å². The molecule has 18 heavy (non-hydrogen) atoms. The number of halogens is 1. The topological polar surface area (TPSA) is 121 Å². The second-order valence-corrected chi connectivity index (χ2v) is 6.84. The Morgan fingerprint density at radius 2 is 1.39 bits per heavy atom. The molecule has 2 N–H and O–H groups in total. The van der Waals surface area contributed by atoms with Crippen molar-refractivity contribution in [2.24, 2.45) is 5.14 Å². The van der Waals surface area contributed by atoms with Gasteiger partial charge in [-0.3, -0.25) is 0 Å². The molecule has 0 atom stereocenters. The number of furan rings is 2. The molecule has 2 aromatic rings. The molecule has 2 aromatic heterocycles. The van der Waals surface area contributed by atoms with Crippen LogP contribution in [-0.4, -0.2) is 16.8 Å². The number of nitrogens with two attached hydrogens (primary N) is 1. The van der Waals surface area contributed by atoms with Gasteiger partial charge in [-0.1, -0.05) is 0 Å². The molecule has 0 unspecified atom stereocenters. The van der Waals surface area contributed by atoms with Crippen LogP contribution in [0.1, 0.15) is 0 Å². The van der Waals surface area contributed by atoms with E-state index in [0.29, 0.717) is 0 Å². The van der Waals surface area contributed by atoms with Crippen LogP contribution in [0.3, 0.4) is 0 Å². The third kappa shape index (κ3) is 4.53. The molecular weight excluding hydrogens is 306 g/mol. The molecule has 0 fully saturated rings. The first-order valence-electron chi connectivity index (χ1n) is 4.26. The Morgan fingerprint density at radius 3 is 1.56 bits per heavy atom. The first kappa shape index (κ1) is 14.8. The number of sulfonamides is 1. The van der Waals surface area contributed by atoms with Gasteiger partial charge in [0, 0.05) is 10.7 Å². The smallest absolute Gasteiger partial charge is 0.294 e. The van der Waals surface area contributed by atoms with Gasteiger partial charge in [-0.25, -0.2) is 22.0 Å². The van der Waals surface area contributed by atoms with Gasteiger partial charge in [0.2, 0.25) is 10.2 Å². The third-order valence-corrected chi connectivity index (χ3v) is 3.47. The highest BCUT2D eigenvalue weighted by Crippen LogP contribution is 2.13. The van der Waals surface area contributed by atoms with E-state index in [1.807, 2.05) is 0 Å². The van der Waals surface area contributed by atoms with E-state index in [2.05, 4.69) is 14.0 Å². The van der Waals surface area contributed by atoms with E-state index in [4.69, 9.17) is 10.7 Å². The predicted octanol–water partition coefficient (Wildman–Crippen LogP) is 1.13. The minimum Gasteiger partial charge on any atom is -0.452 e. The Balaban J connectivity index is 0.000000180. The second-order valence-electron chi connectivity index (χ2n) is 2.85. The first-order valence-corrected chi connectivity index (χ1v) is 8.11. The van der Waals surface area contributed by atoms with E-state index in [9.17, 15) is 16.8 Å². The summed E-state index contributed by atoms with van der Waals surface area (Å²) in [6.07, 6.45) is 2.50. The highest BCUT2D eigenvalue weighted by Gasteiger charge is 2.11. The SMILES string of the molecule is NS(=O)(=O)c1ccco1.O=S(=O)(Cl)c1ccco1. The quantitative estimate of drug-likeness (QED) is 0.830. The molecule has 0 spiro atoms. The van der Waals surface area contributed by atoms with Gasteiger partial charge in [0.05, 0.1) is 12.5 Å². The van der Waals surface area contributed by atoms with Crippen molar-refractivity contribution < 1.29 is 25.7 Å². The Kier molecular flexibility index (Phi) is 4.57. The standard InChI is InChI=1S/C4H3ClO3S.C4H5NO3S/c2*5-9(6,7)4-2-1-3-8-4/h1-3H;1-3H,(H2,5,6,7). The van der Waals surface area contributed by atoms with Crippen LogP contribution in [0.15, 0.2) is 55.8 Å². The van der Waals surface area contributed by atoms with Gasteiger partial charge in [0.1, 0.15) is 0 Å². The maximum Gasteiger partial charge on any atom is 0.294 e. The van der Waals surface area contributed by atoms with Crippen LogP contribution in [0.25, 0.3) is 0 Å². The van der Waals surface area contributed by atoms with Gasteiger partial charge in [0.15, 0.2) is 0 Å². The summed E-state index contributed by atoms with van der Waals surface area (Å²) in [5, 5.41) is 4.26. The summed E-state index contributed by atoms with van der Waals surface area (Å²) in [6.45, 7) is 0. The van der Waals surface area contributed by atoms with Crippen molar-refractivity contribution in [3.8, 4) is 0 Å². The molecule has 0 aliphatic heterocycles. The van der Waals surface area contributed by atoms with E-state index in [1.165, 1.54) is 36.8 Å². The molecule has 0 radical (unpaired) electrons. The Bertz CT molecular complexity index is 610. The van der Waals surface area contributed by atoms with Crippen LogP contribution in [0.2, 0.25) is 0 Å². The Morgan fingerprint density at radius 1 is 0.944 bits per heavy atom. The summed E-state index contributed by atoms with van der Waals surface area (Å²) in [5.74, 6) is 0.